The van der Waals surface area contributed by atoms with Gasteiger partial charge >= 0.3 is 5.97 Å². The summed E-state index contributed by atoms with van der Waals surface area (Å²) in [5.74, 6) is -0.931. The fourth-order valence-electron chi connectivity index (χ4n) is 3.41. The molecule has 0 aromatic heterocycles. The number of benzene rings is 1. The van der Waals surface area contributed by atoms with Gasteiger partial charge in [-0.15, -0.1) is 0 Å². The van der Waals surface area contributed by atoms with Crippen LogP contribution in [0.4, 0.5) is 0 Å². The first-order valence-corrected chi connectivity index (χ1v) is 7.99. The van der Waals surface area contributed by atoms with Crippen LogP contribution in [0.2, 0.25) is 5.02 Å². The molecule has 2 saturated heterocycles. The number of carboxylic acids is 1. The molecule has 2 heterocycles. The number of nitrogens with zero attached hydrogens (tertiary/aromatic N) is 2. The largest absolute Gasteiger partial charge is 0.478 e. The highest BCUT2D eigenvalue weighted by atomic mass is 35.5. The van der Waals surface area contributed by atoms with Crippen LogP contribution < -0.4 is 0 Å². The third kappa shape index (κ3) is 3.39. The van der Waals surface area contributed by atoms with Gasteiger partial charge in [-0.05, 0) is 37.1 Å². The second-order valence-corrected chi connectivity index (χ2v) is 6.44. The molecule has 2 aliphatic rings. The molecular formula is C16H21ClN2O2. The summed E-state index contributed by atoms with van der Waals surface area (Å²) in [5.41, 5.74) is 1.27. The van der Waals surface area contributed by atoms with Crippen molar-refractivity contribution in [3.8, 4) is 0 Å². The van der Waals surface area contributed by atoms with Crippen molar-refractivity contribution in [3.63, 3.8) is 0 Å². The maximum absolute atomic E-state index is 10.9. The van der Waals surface area contributed by atoms with Crippen LogP contribution in [-0.2, 0) is 6.54 Å². The van der Waals surface area contributed by atoms with Gasteiger partial charge in [-0.25, -0.2) is 4.79 Å². The van der Waals surface area contributed by atoms with Crippen LogP contribution in [0.1, 0.15) is 35.2 Å². The average molecular weight is 309 g/mol. The van der Waals surface area contributed by atoms with Crippen molar-refractivity contribution in [2.75, 3.05) is 26.2 Å². The Bertz CT molecular complexity index is 535. The van der Waals surface area contributed by atoms with Gasteiger partial charge in [-0.3, -0.25) is 9.80 Å². The molecule has 21 heavy (non-hydrogen) atoms. The Labute approximate surface area is 130 Å². The summed E-state index contributed by atoms with van der Waals surface area (Å²) in [6, 6.07) is 5.72. The molecule has 0 bridgehead atoms. The zero-order chi connectivity index (χ0) is 14.8. The molecule has 0 radical (unpaired) electrons. The van der Waals surface area contributed by atoms with Gasteiger partial charge in [0.15, 0.2) is 0 Å². The zero-order valence-corrected chi connectivity index (χ0v) is 12.9. The van der Waals surface area contributed by atoms with E-state index in [0.717, 1.165) is 31.7 Å². The number of fused-ring (bicyclic) bond motifs is 1. The Hall–Kier alpha value is -1.10. The lowest BCUT2D eigenvalue weighted by Crippen LogP contribution is -2.54. The molecule has 1 aromatic rings. The van der Waals surface area contributed by atoms with Crippen LogP contribution in [-0.4, -0.2) is 53.1 Å². The fraction of sp³-hybridized carbons (Fsp3) is 0.562. The molecule has 0 saturated carbocycles. The van der Waals surface area contributed by atoms with E-state index in [-0.39, 0.29) is 5.56 Å². The number of carbonyl (C=O) groups is 1. The molecule has 0 aliphatic carbocycles. The van der Waals surface area contributed by atoms with Gasteiger partial charge < -0.3 is 5.11 Å². The highest BCUT2D eigenvalue weighted by molar-refractivity contribution is 6.31. The average Bonchev–Trinajstić information content (AvgIpc) is 2.49. The van der Waals surface area contributed by atoms with Crippen LogP contribution in [0.25, 0.3) is 0 Å². The number of piperidine rings is 1. The van der Waals surface area contributed by atoms with Crippen molar-refractivity contribution < 1.29 is 9.90 Å². The summed E-state index contributed by atoms with van der Waals surface area (Å²) in [6.07, 6.45) is 3.96. The van der Waals surface area contributed by atoms with Crippen LogP contribution in [0.3, 0.4) is 0 Å². The van der Waals surface area contributed by atoms with Crippen LogP contribution >= 0.6 is 11.6 Å². The van der Waals surface area contributed by atoms with Crippen molar-refractivity contribution in [2.45, 2.75) is 31.8 Å². The molecule has 2 fully saturated rings. The number of aromatic carboxylic acids is 1. The lowest BCUT2D eigenvalue weighted by Gasteiger charge is -2.44. The highest BCUT2D eigenvalue weighted by Crippen LogP contribution is 2.24. The second kappa shape index (κ2) is 6.34. The van der Waals surface area contributed by atoms with Gasteiger partial charge in [0, 0.05) is 37.2 Å². The number of carboxylic acid groups (broad SMARTS) is 1. The minimum atomic E-state index is -0.931. The van der Waals surface area contributed by atoms with Crippen molar-refractivity contribution in [3.05, 3.63) is 34.3 Å². The maximum atomic E-state index is 10.9. The van der Waals surface area contributed by atoms with E-state index in [1.165, 1.54) is 25.8 Å². The molecule has 1 atom stereocenters. The van der Waals surface area contributed by atoms with Crippen molar-refractivity contribution in [2.24, 2.45) is 0 Å². The Morgan fingerprint density at radius 1 is 1.29 bits per heavy atom. The lowest BCUT2D eigenvalue weighted by atomic mass is 9.99. The fourth-order valence-corrected chi connectivity index (χ4v) is 3.65. The van der Waals surface area contributed by atoms with E-state index in [2.05, 4.69) is 9.80 Å². The summed E-state index contributed by atoms with van der Waals surface area (Å²) in [5, 5.41) is 9.53. The Kier molecular flexibility index (Phi) is 4.48. The van der Waals surface area contributed by atoms with Gasteiger partial charge in [0.1, 0.15) is 0 Å². The summed E-state index contributed by atoms with van der Waals surface area (Å²) in [7, 11) is 0. The number of hydrogen-bond donors (Lipinski definition) is 1. The predicted octanol–water partition coefficient (Wildman–Crippen LogP) is 2.71. The summed E-state index contributed by atoms with van der Waals surface area (Å²) >= 11 is 6.23. The first-order valence-electron chi connectivity index (χ1n) is 7.61. The molecule has 0 spiro atoms. The Morgan fingerprint density at radius 3 is 2.90 bits per heavy atom. The van der Waals surface area contributed by atoms with Gasteiger partial charge in [0.2, 0.25) is 0 Å². The maximum Gasteiger partial charge on any atom is 0.335 e. The first-order chi connectivity index (χ1) is 10.1. The first kappa shape index (κ1) is 14.8. The van der Waals surface area contributed by atoms with E-state index >= 15 is 0 Å². The van der Waals surface area contributed by atoms with Gasteiger partial charge in [0.05, 0.1) is 5.56 Å². The quantitative estimate of drug-likeness (QED) is 0.932. The van der Waals surface area contributed by atoms with E-state index in [4.69, 9.17) is 16.7 Å². The van der Waals surface area contributed by atoms with Gasteiger partial charge in [-0.1, -0.05) is 24.1 Å². The molecule has 1 unspecified atom stereocenters. The van der Waals surface area contributed by atoms with Gasteiger partial charge in [-0.2, -0.15) is 0 Å². The Balaban J connectivity index is 1.65. The minimum absolute atomic E-state index is 0.251. The lowest BCUT2D eigenvalue weighted by molar-refractivity contribution is 0.0457. The van der Waals surface area contributed by atoms with E-state index in [9.17, 15) is 4.79 Å². The summed E-state index contributed by atoms with van der Waals surface area (Å²) in [6.45, 7) is 5.34. The molecule has 0 amide bonds. The SMILES string of the molecule is O=C(O)c1ccc(CN2CCN3CCCCC3C2)c(Cl)c1. The minimum Gasteiger partial charge on any atom is -0.478 e. The Morgan fingerprint density at radius 2 is 2.14 bits per heavy atom. The van der Waals surface area contributed by atoms with E-state index in [1.807, 2.05) is 6.07 Å². The third-order valence-corrected chi connectivity index (χ3v) is 4.97. The van der Waals surface area contributed by atoms with Crippen molar-refractivity contribution in [1.29, 1.82) is 0 Å². The van der Waals surface area contributed by atoms with Crippen molar-refractivity contribution >= 4 is 17.6 Å². The normalized spacial score (nSPS) is 23.8. The monoisotopic (exact) mass is 308 g/mol. The standard InChI is InChI=1S/C16H21ClN2O2/c17-15-9-12(16(20)21)4-5-13(15)10-18-7-8-19-6-2-1-3-14(19)11-18/h4-5,9,14H,1-3,6-8,10-11H2,(H,20,21). The van der Waals surface area contributed by atoms with E-state index < -0.39 is 5.97 Å². The topological polar surface area (TPSA) is 43.8 Å². The molecule has 1 aromatic carbocycles. The van der Waals surface area contributed by atoms with Crippen molar-refractivity contribution in [1.82, 2.24) is 9.80 Å². The molecule has 3 rings (SSSR count). The highest BCUT2D eigenvalue weighted by Gasteiger charge is 2.28. The number of hydrogen-bond acceptors (Lipinski definition) is 3. The zero-order valence-electron chi connectivity index (χ0n) is 12.1. The molecule has 2 aliphatic heterocycles. The smallest absolute Gasteiger partial charge is 0.335 e. The summed E-state index contributed by atoms with van der Waals surface area (Å²) < 4.78 is 0. The van der Waals surface area contributed by atoms with Crippen LogP contribution in [0, 0.1) is 0 Å². The molecule has 5 heteroatoms. The molecule has 114 valence electrons. The second-order valence-electron chi connectivity index (χ2n) is 6.03. The molecular weight excluding hydrogens is 288 g/mol. The number of piperazine rings is 1. The van der Waals surface area contributed by atoms with Gasteiger partial charge in [0.25, 0.3) is 0 Å². The van der Waals surface area contributed by atoms with Crippen LogP contribution in [0.5, 0.6) is 0 Å². The van der Waals surface area contributed by atoms with E-state index in [0.29, 0.717) is 11.1 Å². The van der Waals surface area contributed by atoms with Crippen LogP contribution in [0.15, 0.2) is 18.2 Å². The summed E-state index contributed by atoms with van der Waals surface area (Å²) in [4.78, 5) is 16.0. The number of halogens is 1. The number of rotatable bonds is 3. The third-order valence-electron chi connectivity index (χ3n) is 4.62. The van der Waals surface area contributed by atoms with E-state index in [1.54, 1.807) is 12.1 Å². The predicted molar refractivity (Wildman–Crippen MR) is 82.9 cm³/mol. The molecule has 4 nitrogen and oxygen atoms in total. The molecule has 1 N–H and O–H groups in total.